The van der Waals surface area contributed by atoms with Gasteiger partial charge in [-0.15, -0.1) is 0 Å². The summed E-state index contributed by atoms with van der Waals surface area (Å²) < 4.78 is 24.7. The lowest BCUT2D eigenvalue weighted by Gasteiger charge is -2.36. The Kier molecular flexibility index (Phi) is 13.0. The number of hydrogen-bond acceptors (Lipinski definition) is 4. The summed E-state index contributed by atoms with van der Waals surface area (Å²) in [5, 5.41) is 0. The molecule has 54 heavy (non-hydrogen) atoms. The van der Waals surface area contributed by atoms with E-state index in [2.05, 4.69) is 128 Å². The fourth-order valence-corrected chi connectivity index (χ4v) is 8.59. The minimum Gasteiger partial charge on any atom is -0.432 e. The average Bonchev–Trinajstić information content (AvgIpc) is 3.55. The number of fused-ring (bicyclic) bond motifs is 3. The average molecular weight is 726 g/mol. The lowest BCUT2D eigenvalue weighted by atomic mass is 9.64. The molecule has 4 nitrogen and oxygen atoms in total. The van der Waals surface area contributed by atoms with Crippen LogP contribution in [0.3, 0.4) is 0 Å². The molecule has 0 atom stereocenters. The molecule has 1 aliphatic carbocycles. The van der Waals surface area contributed by atoms with Crippen LogP contribution in [0.15, 0.2) is 72.8 Å². The molecule has 0 saturated carbocycles. The first-order valence-electron chi connectivity index (χ1n) is 20.7. The predicted molar refractivity (Wildman–Crippen MR) is 228 cm³/mol. The number of ether oxygens (including phenoxy) is 1. The highest BCUT2D eigenvalue weighted by Gasteiger charge is 2.53. The monoisotopic (exact) mass is 725 g/mol. The van der Waals surface area contributed by atoms with Crippen LogP contribution in [0.1, 0.15) is 137 Å². The lowest BCUT2D eigenvalue weighted by molar-refractivity contribution is 0.00578. The van der Waals surface area contributed by atoms with Crippen molar-refractivity contribution in [2.45, 2.75) is 136 Å². The van der Waals surface area contributed by atoms with Crippen LogP contribution in [0, 0.1) is 13.8 Å². The van der Waals surface area contributed by atoms with Crippen molar-refractivity contribution in [1.29, 1.82) is 0 Å². The van der Waals surface area contributed by atoms with Crippen LogP contribution in [-0.4, -0.2) is 46.1 Å². The van der Waals surface area contributed by atoms with Gasteiger partial charge in [-0.3, -0.25) is 0 Å². The maximum atomic E-state index is 6.70. The van der Waals surface area contributed by atoms with Crippen molar-refractivity contribution >= 4 is 25.5 Å². The summed E-state index contributed by atoms with van der Waals surface area (Å²) in [6.45, 7) is 18.7. The van der Waals surface area contributed by atoms with Gasteiger partial charge in [0.05, 0.1) is 29.8 Å². The quantitative estimate of drug-likeness (QED) is 0.0666. The second kappa shape index (κ2) is 17.3. The van der Waals surface area contributed by atoms with Crippen molar-refractivity contribution in [3.05, 3.63) is 117 Å². The molecule has 6 rings (SSSR count). The highest BCUT2D eigenvalue weighted by atomic mass is 16.7. The summed E-state index contributed by atoms with van der Waals surface area (Å²) in [5.74, 6) is 0. The number of aryl methyl sites for hydroxylation is 4. The first-order chi connectivity index (χ1) is 25.9. The van der Waals surface area contributed by atoms with Gasteiger partial charge in [-0.25, -0.2) is 0 Å². The van der Waals surface area contributed by atoms with Crippen LogP contribution in [0.4, 0.5) is 0 Å². The van der Waals surface area contributed by atoms with Crippen molar-refractivity contribution in [2.75, 3.05) is 20.3 Å². The molecule has 4 aromatic carbocycles. The van der Waals surface area contributed by atoms with E-state index in [0.717, 1.165) is 23.8 Å². The maximum Gasteiger partial charge on any atom is 0.494 e. The smallest absolute Gasteiger partial charge is 0.432 e. The van der Waals surface area contributed by atoms with Gasteiger partial charge >= 0.3 is 14.6 Å². The van der Waals surface area contributed by atoms with Gasteiger partial charge in [-0.2, -0.15) is 0 Å². The molecule has 0 aromatic heterocycles. The Hall–Kier alpha value is -3.15. The van der Waals surface area contributed by atoms with Crippen LogP contribution in [0.5, 0.6) is 0 Å². The van der Waals surface area contributed by atoms with Crippen molar-refractivity contribution in [1.82, 2.24) is 0 Å². The van der Waals surface area contributed by atoms with Crippen LogP contribution >= 0.6 is 0 Å². The summed E-state index contributed by atoms with van der Waals surface area (Å²) in [4.78, 5) is 0. The summed E-state index contributed by atoms with van der Waals surface area (Å²) in [6, 6.07) is 28.6. The number of rotatable bonds is 18. The Morgan fingerprint density at radius 3 is 1.69 bits per heavy atom. The third-order valence-corrected chi connectivity index (χ3v) is 12.1. The maximum absolute atomic E-state index is 6.70. The van der Waals surface area contributed by atoms with Crippen molar-refractivity contribution in [2.24, 2.45) is 0 Å². The third-order valence-electron chi connectivity index (χ3n) is 12.1. The lowest BCUT2D eigenvalue weighted by Crippen LogP contribution is -2.41. The van der Waals surface area contributed by atoms with E-state index >= 15 is 0 Å². The fraction of sp³-hybridized carbons (Fsp3) is 0.500. The Labute approximate surface area is 328 Å². The summed E-state index contributed by atoms with van der Waals surface area (Å²) in [6.07, 6.45) is 12.1. The molecule has 1 aliphatic heterocycles. The van der Waals surface area contributed by atoms with E-state index in [1.165, 1.54) is 107 Å². The summed E-state index contributed by atoms with van der Waals surface area (Å²) in [5.41, 5.74) is 13.8. The molecular weight excluding hydrogens is 662 g/mol. The number of methoxy groups -OCH3 is 1. The SMILES string of the molecule is CCCCCCc1cc(C)cc(C2(c3cc(C)cc(CCCCCC)c3)c3cc([B]OCCOC)ccc3-c3ccc(B4OC(C)(C)C(C)(C)O4)cc32)c1. The molecule has 1 heterocycles. The van der Waals surface area contributed by atoms with Crippen LogP contribution in [0.2, 0.25) is 0 Å². The highest BCUT2D eigenvalue weighted by molar-refractivity contribution is 6.62. The van der Waals surface area contributed by atoms with E-state index in [1.807, 2.05) is 7.48 Å². The van der Waals surface area contributed by atoms with Gasteiger partial charge < -0.3 is 18.7 Å². The number of unbranched alkanes of at least 4 members (excludes halogenated alkanes) is 6. The van der Waals surface area contributed by atoms with E-state index in [0.29, 0.717) is 13.2 Å². The Morgan fingerprint density at radius 2 is 1.15 bits per heavy atom. The first-order valence-corrected chi connectivity index (χ1v) is 20.7. The fourth-order valence-electron chi connectivity index (χ4n) is 8.59. The van der Waals surface area contributed by atoms with Crippen LogP contribution < -0.4 is 10.9 Å². The Bertz CT molecular complexity index is 1820. The molecule has 2 aliphatic rings. The first kappa shape index (κ1) is 40.5. The van der Waals surface area contributed by atoms with Crippen LogP contribution in [0.25, 0.3) is 11.1 Å². The molecule has 285 valence electrons. The minimum absolute atomic E-state index is 0.434. The molecule has 0 bridgehead atoms. The van der Waals surface area contributed by atoms with Gasteiger partial charge in [0.1, 0.15) is 0 Å². The standard InChI is InChI=1S/C48H63B2O4/c1-10-12-14-16-18-36-26-34(3)28-38(30-36)48(39-29-35(4)27-37(31-39)19-17-15-13-11-2)44-32-40(49-52-25-24-51-9)20-22-42(44)43-23-21-41(33-45(43)48)50-53-46(5,6)47(7,8)54-50/h20-23,26-33H,10-19,24-25H2,1-9H3. The van der Waals surface area contributed by atoms with E-state index < -0.39 is 23.7 Å². The van der Waals surface area contributed by atoms with E-state index in [-0.39, 0.29) is 0 Å². The molecule has 0 amide bonds. The molecule has 0 unspecified atom stereocenters. The van der Waals surface area contributed by atoms with Crippen LogP contribution in [-0.2, 0) is 37.0 Å². The van der Waals surface area contributed by atoms with Crippen molar-refractivity contribution < 1.29 is 18.7 Å². The van der Waals surface area contributed by atoms with Crippen molar-refractivity contribution in [3.8, 4) is 11.1 Å². The molecular formula is C48H63B2O4. The normalized spacial score (nSPS) is 16.4. The summed E-state index contributed by atoms with van der Waals surface area (Å²) >= 11 is 0. The largest absolute Gasteiger partial charge is 0.494 e. The number of hydrogen-bond donors (Lipinski definition) is 0. The zero-order valence-corrected chi connectivity index (χ0v) is 34.7. The predicted octanol–water partition coefficient (Wildman–Crippen LogP) is 10.1. The molecule has 0 N–H and O–H groups in total. The van der Waals surface area contributed by atoms with Gasteiger partial charge in [-0.05, 0) is 117 Å². The Morgan fingerprint density at radius 1 is 0.611 bits per heavy atom. The number of benzene rings is 4. The molecule has 1 radical (unpaired) electrons. The highest BCUT2D eigenvalue weighted by Crippen LogP contribution is 2.56. The van der Waals surface area contributed by atoms with E-state index in [4.69, 9.17) is 18.7 Å². The second-order valence-corrected chi connectivity index (χ2v) is 17.0. The Balaban J connectivity index is 1.61. The molecule has 0 spiro atoms. The van der Waals surface area contributed by atoms with Crippen molar-refractivity contribution in [3.63, 3.8) is 0 Å². The third kappa shape index (κ3) is 8.33. The van der Waals surface area contributed by atoms with Gasteiger partial charge in [0.15, 0.2) is 0 Å². The summed E-state index contributed by atoms with van der Waals surface area (Å²) in [7, 11) is 3.15. The van der Waals surface area contributed by atoms with Gasteiger partial charge in [-0.1, -0.05) is 142 Å². The molecule has 4 aromatic rings. The molecule has 6 heteroatoms. The molecule has 1 saturated heterocycles. The topological polar surface area (TPSA) is 36.9 Å². The van der Waals surface area contributed by atoms with E-state index in [9.17, 15) is 0 Å². The zero-order chi connectivity index (χ0) is 38.5. The van der Waals surface area contributed by atoms with E-state index in [1.54, 1.807) is 7.11 Å². The van der Waals surface area contributed by atoms with Gasteiger partial charge in [0, 0.05) is 7.11 Å². The van der Waals surface area contributed by atoms with Gasteiger partial charge in [0.25, 0.3) is 0 Å². The van der Waals surface area contributed by atoms with Gasteiger partial charge in [0.2, 0.25) is 0 Å². The second-order valence-electron chi connectivity index (χ2n) is 17.0. The minimum atomic E-state index is -0.574. The molecule has 1 fully saturated rings. The zero-order valence-electron chi connectivity index (χ0n) is 34.7.